The van der Waals surface area contributed by atoms with E-state index >= 15 is 0 Å². The summed E-state index contributed by atoms with van der Waals surface area (Å²) in [5.41, 5.74) is -0.468. The van der Waals surface area contributed by atoms with Gasteiger partial charge in [-0.1, -0.05) is 30.3 Å². The van der Waals surface area contributed by atoms with Crippen molar-refractivity contribution in [2.75, 3.05) is 26.2 Å². The van der Waals surface area contributed by atoms with Gasteiger partial charge in [0.1, 0.15) is 11.6 Å². The number of benzene rings is 1. The summed E-state index contributed by atoms with van der Waals surface area (Å²) >= 11 is 0. The summed E-state index contributed by atoms with van der Waals surface area (Å²) in [7, 11) is 0. The van der Waals surface area contributed by atoms with E-state index in [1.807, 2.05) is 6.07 Å². The lowest BCUT2D eigenvalue weighted by Gasteiger charge is -2.52. The molecule has 0 aromatic heterocycles. The first-order valence-electron chi connectivity index (χ1n) is 12.8. The zero-order valence-corrected chi connectivity index (χ0v) is 20.3. The number of likely N-dealkylation sites (tertiary alicyclic amines) is 1. The van der Waals surface area contributed by atoms with Gasteiger partial charge in [0, 0.05) is 37.4 Å². The first kappa shape index (κ1) is 24.9. The van der Waals surface area contributed by atoms with Gasteiger partial charge in [-0.15, -0.1) is 5.06 Å². The van der Waals surface area contributed by atoms with Gasteiger partial charge in [0.2, 0.25) is 5.91 Å². The molecule has 4 fully saturated rings. The zero-order chi connectivity index (χ0) is 25.4. The van der Waals surface area contributed by atoms with Crippen LogP contribution in [-0.4, -0.2) is 71.7 Å². The Morgan fingerprint density at radius 2 is 1.81 bits per heavy atom. The van der Waals surface area contributed by atoms with Crippen LogP contribution in [0.15, 0.2) is 30.3 Å². The van der Waals surface area contributed by atoms with Crippen LogP contribution in [0.1, 0.15) is 50.5 Å². The molecule has 2 N–H and O–H groups in total. The lowest BCUT2D eigenvalue weighted by atomic mass is 9.73. The Kier molecular flexibility index (Phi) is 6.64. The molecule has 36 heavy (non-hydrogen) atoms. The molecule has 2 saturated carbocycles. The molecule has 1 atom stereocenters. The van der Waals surface area contributed by atoms with Gasteiger partial charge < -0.3 is 20.4 Å². The van der Waals surface area contributed by atoms with Crippen LogP contribution >= 0.6 is 0 Å². The number of nitriles is 1. The van der Waals surface area contributed by atoms with E-state index in [9.17, 15) is 23.6 Å². The lowest BCUT2D eigenvalue weighted by molar-refractivity contribution is -0.218. The van der Waals surface area contributed by atoms with Crippen molar-refractivity contribution in [2.24, 2.45) is 5.41 Å². The highest BCUT2D eigenvalue weighted by molar-refractivity contribution is 5.86. The monoisotopic (exact) mass is 501 g/mol. The number of rotatable bonds is 9. The van der Waals surface area contributed by atoms with E-state index in [4.69, 9.17) is 4.84 Å². The fourth-order valence-electron chi connectivity index (χ4n) is 5.36. The standard InChI is InChI=1S/C26H33F2N5O3/c27-26(28,14-19-4-2-1-3-5-19)15-21(22(34)31-25(16-29)8-9-25)30-23(35)36-33-17-24(18-33)10-12-32(13-11-24)20-6-7-20/h1-5,20-21H,6-15,17-18H2,(H,30,35)(H,31,34)/t21-/m0/s1. The van der Waals surface area contributed by atoms with Crippen molar-refractivity contribution in [1.29, 1.82) is 5.26 Å². The number of amides is 2. The zero-order valence-electron chi connectivity index (χ0n) is 20.3. The molecule has 0 radical (unpaired) electrons. The summed E-state index contributed by atoms with van der Waals surface area (Å²) in [6.07, 6.45) is 3.21. The summed E-state index contributed by atoms with van der Waals surface area (Å²) in [5.74, 6) is -4.05. The number of nitrogens with one attached hydrogen (secondary N) is 2. The van der Waals surface area contributed by atoms with Crippen molar-refractivity contribution < 1.29 is 23.2 Å². The number of hydrogen-bond donors (Lipinski definition) is 2. The van der Waals surface area contributed by atoms with Crippen molar-refractivity contribution in [3.05, 3.63) is 35.9 Å². The third-order valence-corrected chi connectivity index (χ3v) is 7.90. The Balaban J connectivity index is 1.15. The van der Waals surface area contributed by atoms with Crippen LogP contribution in [0.4, 0.5) is 13.6 Å². The molecule has 2 aliphatic carbocycles. The number of hydrogen-bond acceptors (Lipinski definition) is 6. The number of piperidine rings is 1. The van der Waals surface area contributed by atoms with E-state index in [1.54, 1.807) is 30.3 Å². The molecule has 1 spiro atoms. The van der Waals surface area contributed by atoms with Crippen LogP contribution < -0.4 is 10.6 Å². The molecular weight excluding hydrogens is 468 g/mol. The lowest BCUT2D eigenvalue weighted by Crippen LogP contribution is -2.61. The van der Waals surface area contributed by atoms with E-state index < -0.39 is 42.3 Å². The molecule has 2 saturated heterocycles. The van der Waals surface area contributed by atoms with Crippen molar-refractivity contribution >= 4 is 12.0 Å². The van der Waals surface area contributed by atoms with Gasteiger partial charge in [-0.2, -0.15) is 5.26 Å². The van der Waals surface area contributed by atoms with Crippen LogP contribution in [0, 0.1) is 16.7 Å². The van der Waals surface area contributed by atoms with E-state index in [0.717, 1.165) is 32.0 Å². The molecule has 10 heteroatoms. The van der Waals surface area contributed by atoms with Gasteiger partial charge in [0.15, 0.2) is 0 Å². The molecule has 2 heterocycles. The maximum atomic E-state index is 14.9. The first-order valence-corrected chi connectivity index (χ1v) is 12.8. The topological polar surface area (TPSA) is 97.7 Å². The second-order valence-electron chi connectivity index (χ2n) is 11.0. The number of hydroxylamine groups is 2. The van der Waals surface area contributed by atoms with Gasteiger partial charge >= 0.3 is 6.09 Å². The Labute approximate surface area is 209 Å². The molecule has 0 unspecified atom stereocenters. The van der Waals surface area contributed by atoms with Crippen molar-refractivity contribution in [3.63, 3.8) is 0 Å². The van der Waals surface area contributed by atoms with E-state index in [-0.39, 0.29) is 5.41 Å². The number of carbonyl (C=O) groups excluding carboxylic acids is 2. The largest absolute Gasteiger partial charge is 0.426 e. The highest BCUT2D eigenvalue weighted by Crippen LogP contribution is 2.43. The average molecular weight is 502 g/mol. The molecule has 5 rings (SSSR count). The highest BCUT2D eigenvalue weighted by Gasteiger charge is 2.49. The second-order valence-corrected chi connectivity index (χ2v) is 11.0. The Morgan fingerprint density at radius 1 is 1.14 bits per heavy atom. The van der Waals surface area contributed by atoms with Crippen LogP contribution in [0.25, 0.3) is 0 Å². The van der Waals surface area contributed by atoms with E-state index in [2.05, 4.69) is 15.5 Å². The Morgan fingerprint density at radius 3 is 2.39 bits per heavy atom. The third-order valence-electron chi connectivity index (χ3n) is 7.90. The number of nitrogens with zero attached hydrogens (tertiary/aromatic N) is 3. The maximum Gasteiger partial charge on any atom is 0.426 e. The minimum absolute atomic E-state index is 0.135. The van der Waals surface area contributed by atoms with Crippen molar-refractivity contribution in [3.8, 4) is 6.07 Å². The first-order chi connectivity index (χ1) is 17.2. The minimum atomic E-state index is -3.25. The Hall–Kier alpha value is -2.77. The molecule has 1 aromatic rings. The van der Waals surface area contributed by atoms with Gasteiger partial charge in [-0.3, -0.25) is 4.79 Å². The molecule has 194 valence electrons. The smallest absolute Gasteiger partial charge is 0.351 e. The second kappa shape index (κ2) is 9.60. The fourth-order valence-corrected chi connectivity index (χ4v) is 5.36. The van der Waals surface area contributed by atoms with Gasteiger partial charge in [0.25, 0.3) is 5.92 Å². The summed E-state index contributed by atoms with van der Waals surface area (Å²) in [6, 6.07) is 9.50. The summed E-state index contributed by atoms with van der Waals surface area (Å²) in [6.45, 7) is 3.34. The summed E-state index contributed by atoms with van der Waals surface area (Å²) in [5, 5.41) is 15.7. The number of alkyl halides is 2. The van der Waals surface area contributed by atoms with Crippen molar-refractivity contribution in [1.82, 2.24) is 20.6 Å². The van der Waals surface area contributed by atoms with Crippen LogP contribution in [-0.2, 0) is 16.1 Å². The number of carbonyl (C=O) groups is 2. The van der Waals surface area contributed by atoms with Gasteiger partial charge in [0.05, 0.1) is 6.07 Å². The SMILES string of the molecule is N#CC1(NC(=O)[C@H](CC(F)(F)Cc2ccccc2)NC(=O)ON2CC3(CCN(C4CC4)CC3)C2)CC1. The highest BCUT2D eigenvalue weighted by atomic mass is 19.3. The molecule has 1 aromatic carbocycles. The minimum Gasteiger partial charge on any atom is -0.351 e. The average Bonchev–Trinajstić information content (AvgIpc) is 3.74. The van der Waals surface area contributed by atoms with Crippen LogP contribution in [0.2, 0.25) is 0 Å². The molecule has 0 bridgehead atoms. The predicted molar refractivity (Wildman–Crippen MR) is 127 cm³/mol. The molecule has 2 aliphatic heterocycles. The number of halogens is 2. The molecule has 8 nitrogen and oxygen atoms in total. The molecular formula is C26H33F2N5O3. The summed E-state index contributed by atoms with van der Waals surface area (Å²) < 4.78 is 29.8. The summed E-state index contributed by atoms with van der Waals surface area (Å²) in [4.78, 5) is 33.3. The van der Waals surface area contributed by atoms with Gasteiger partial charge in [-0.25, -0.2) is 13.6 Å². The normalized spacial score (nSPS) is 23.7. The molecule has 2 amide bonds. The maximum absolute atomic E-state index is 14.9. The molecule has 4 aliphatic rings. The fraction of sp³-hybridized carbons (Fsp3) is 0.654. The van der Waals surface area contributed by atoms with E-state index in [0.29, 0.717) is 31.5 Å². The third kappa shape index (κ3) is 5.95. The van der Waals surface area contributed by atoms with Crippen molar-refractivity contribution in [2.45, 2.75) is 74.9 Å². The van der Waals surface area contributed by atoms with Crippen LogP contribution in [0.5, 0.6) is 0 Å². The predicted octanol–water partition coefficient (Wildman–Crippen LogP) is 3.00. The Bertz CT molecular complexity index is 1010. The van der Waals surface area contributed by atoms with Gasteiger partial charge in [-0.05, 0) is 57.2 Å². The quantitative estimate of drug-likeness (QED) is 0.540. The van der Waals surface area contributed by atoms with Crippen LogP contribution in [0.3, 0.4) is 0 Å². The van der Waals surface area contributed by atoms with E-state index in [1.165, 1.54) is 17.9 Å².